The lowest BCUT2D eigenvalue weighted by Crippen LogP contribution is -2.06. The standard InChI is InChI=1S/C9H7Br2F3O/c10-1-2-15-8-4-6(9(12,13)14)3-7(11)5-8/h3-5H,1-2H2. The maximum atomic E-state index is 12.4. The zero-order chi connectivity index (χ0) is 11.5. The van der Waals surface area contributed by atoms with Gasteiger partial charge in [0, 0.05) is 9.80 Å². The molecule has 0 atom stereocenters. The average molecular weight is 348 g/mol. The summed E-state index contributed by atoms with van der Waals surface area (Å²) in [6.45, 7) is 0.327. The Bertz CT molecular complexity index is 339. The molecular formula is C9H7Br2F3O. The molecule has 1 nitrogen and oxygen atoms in total. The van der Waals surface area contributed by atoms with E-state index in [-0.39, 0.29) is 5.75 Å². The Balaban J connectivity index is 2.95. The molecule has 1 rings (SSSR count). The summed E-state index contributed by atoms with van der Waals surface area (Å²) >= 11 is 6.13. The van der Waals surface area contributed by atoms with Crippen molar-refractivity contribution in [3.8, 4) is 5.75 Å². The highest BCUT2D eigenvalue weighted by Gasteiger charge is 2.31. The van der Waals surface area contributed by atoms with Gasteiger partial charge in [0.2, 0.25) is 0 Å². The molecule has 0 unspecified atom stereocenters. The zero-order valence-corrected chi connectivity index (χ0v) is 10.6. The molecule has 1 aromatic rings. The van der Waals surface area contributed by atoms with Gasteiger partial charge >= 0.3 is 6.18 Å². The lowest BCUT2D eigenvalue weighted by molar-refractivity contribution is -0.137. The van der Waals surface area contributed by atoms with Crippen molar-refractivity contribution in [1.29, 1.82) is 0 Å². The number of ether oxygens (including phenoxy) is 1. The second kappa shape index (κ2) is 5.21. The van der Waals surface area contributed by atoms with Crippen LogP contribution in [0, 0.1) is 0 Å². The number of hydrogen-bond donors (Lipinski definition) is 0. The Hall–Kier alpha value is -0.230. The van der Waals surface area contributed by atoms with Gasteiger partial charge in [-0.2, -0.15) is 13.2 Å². The van der Waals surface area contributed by atoms with E-state index in [4.69, 9.17) is 4.74 Å². The van der Waals surface area contributed by atoms with Crippen LogP contribution in [-0.2, 0) is 6.18 Å². The topological polar surface area (TPSA) is 9.23 Å². The van der Waals surface area contributed by atoms with Gasteiger partial charge in [-0.1, -0.05) is 31.9 Å². The van der Waals surface area contributed by atoms with Gasteiger partial charge in [-0.15, -0.1) is 0 Å². The summed E-state index contributed by atoms with van der Waals surface area (Å²) in [4.78, 5) is 0. The van der Waals surface area contributed by atoms with Crippen molar-refractivity contribution in [2.75, 3.05) is 11.9 Å². The number of rotatable bonds is 3. The SMILES string of the molecule is FC(F)(F)c1cc(Br)cc(OCCBr)c1. The van der Waals surface area contributed by atoms with Gasteiger partial charge < -0.3 is 4.74 Å². The van der Waals surface area contributed by atoms with Crippen LogP contribution in [0.4, 0.5) is 13.2 Å². The Morgan fingerprint density at radius 3 is 2.40 bits per heavy atom. The van der Waals surface area contributed by atoms with Crippen LogP contribution in [0.25, 0.3) is 0 Å². The zero-order valence-electron chi connectivity index (χ0n) is 7.44. The molecule has 0 bridgehead atoms. The van der Waals surface area contributed by atoms with E-state index in [0.717, 1.165) is 12.1 Å². The second-order valence-corrected chi connectivity index (χ2v) is 4.42. The van der Waals surface area contributed by atoms with E-state index in [1.165, 1.54) is 6.07 Å². The van der Waals surface area contributed by atoms with Crippen LogP contribution >= 0.6 is 31.9 Å². The third-order valence-electron chi connectivity index (χ3n) is 1.54. The average Bonchev–Trinajstić information content (AvgIpc) is 2.12. The van der Waals surface area contributed by atoms with E-state index >= 15 is 0 Å². The fourth-order valence-corrected chi connectivity index (χ4v) is 1.60. The van der Waals surface area contributed by atoms with Crippen molar-refractivity contribution in [2.45, 2.75) is 6.18 Å². The first-order valence-corrected chi connectivity index (χ1v) is 5.91. The molecule has 6 heteroatoms. The van der Waals surface area contributed by atoms with Crippen LogP contribution < -0.4 is 4.74 Å². The molecule has 15 heavy (non-hydrogen) atoms. The quantitative estimate of drug-likeness (QED) is 0.743. The summed E-state index contributed by atoms with van der Waals surface area (Å²) in [5.74, 6) is 0.205. The Morgan fingerprint density at radius 2 is 1.87 bits per heavy atom. The minimum atomic E-state index is -4.35. The van der Waals surface area contributed by atoms with Crippen molar-refractivity contribution >= 4 is 31.9 Å². The lowest BCUT2D eigenvalue weighted by Gasteiger charge is -2.10. The van der Waals surface area contributed by atoms with Crippen molar-refractivity contribution in [3.05, 3.63) is 28.2 Å². The molecule has 0 spiro atoms. The van der Waals surface area contributed by atoms with E-state index in [1.54, 1.807) is 0 Å². The van der Waals surface area contributed by atoms with Crippen molar-refractivity contribution in [1.82, 2.24) is 0 Å². The minimum absolute atomic E-state index is 0.205. The van der Waals surface area contributed by atoms with Gasteiger partial charge in [0.15, 0.2) is 0 Å². The van der Waals surface area contributed by atoms with Crippen molar-refractivity contribution in [3.63, 3.8) is 0 Å². The third-order valence-corrected chi connectivity index (χ3v) is 2.33. The van der Waals surface area contributed by atoms with E-state index in [9.17, 15) is 13.2 Å². The van der Waals surface area contributed by atoms with Gasteiger partial charge in [-0.05, 0) is 18.2 Å². The molecule has 0 aliphatic carbocycles. The normalized spacial score (nSPS) is 11.5. The molecule has 0 N–H and O–H groups in total. The predicted molar refractivity (Wildman–Crippen MR) is 58.4 cm³/mol. The summed E-state index contributed by atoms with van der Waals surface area (Å²) < 4.78 is 42.6. The number of halogens is 5. The smallest absolute Gasteiger partial charge is 0.416 e. The van der Waals surface area contributed by atoms with Crippen LogP contribution in [0.1, 0.15) is 5.56 Å². The van der Waals surface area contributed by atoms with Crippen LogP contribution in [-0.4, -0.2) is 11.9 Å². The second-order valence-electron chi connectivity index (χ2n) is 2.71. The van der Waals surface area contributed by atoms with Crippen LogP contribution in [0.2, 0.25) is 0 Å². The fraction of sp³-hybridized carbons (Fsp3) is 0.333. The van der Waals surface area contributed by atoms with Gasteiger partial charge in [0.1, 0.15) is 5.75 Å². The first-order chi connectivity index (χ1) is 6.93. The minimum Gasteiger partial charge on any atom is -0.493 e. The number of hydrogen-bond acceptors (Lipinski definition) is 1. The van der Waals surface area contributed by atoms with Gasteiger partial charge in [0.25, 0.3) is 0 Å². The summed E-state index contributed by atoms with van der Waals surface area (Å²) in [6.07, 6.45) is -4.35. The molecule has 0 saturated heterocycles. The fourth-order valence-electron chi connectivity index (χ4n) is 0.966. The summed E-state index contributed by atoms with van der Waals surface area (Å²) in [5, 5.41) is 0.570. The first-order valence-electron chi connectivity index (χ1n) is 4.00. The summed E-state index contributed by atoms with van der Waals surface area (Å²) in [5.41, 5.74) is -0.721. The Labute approximate surface area is 102 Å². The molecule has 0 amide bonds. The van der Waals surface area contributed by atoms with Gasteiger partial charge in [-0.3, -0.25) is 0 Å². The van der Waals surface area contributed by atoms with Gasteiger partial charge in [-0.25, -0.2) is 0 Å². The lowest BCUT2D eigenvalue weighted by atomic mass is 10.2. The molecule has 0 aliphatic rings. The molecule has 0 fully saturated rings. The number of benzene rings is 1. The maximum absolute atomic E-state index is 12.4. The Kier molecular flexibility index (Phi) is 4.45. The molecule has 0 aromatic heterocycles. The molecule has 1 aromatic carbocycles. The van der Waals surface area contributed by atoms with E-state index in [2.05, 4.69) is 31.9 Å². The van der Waals surface area contributed by atoms with Crippen LogP contribution in [0.15, 0.2) is 22.7 Å². The summed E-state index contributed by atoms with van der Waals surface area (Å²) in [7, 11) is 0. The van der Waals surface area contributed by atoms with Crippen molar-refractivity contribution in [2.24, 2.45) is 0 Å². The maximum Gasteiger partial charge on any atom is 0.416 e. The summed E-state index contributed by atoms with van der Waals surface area (Å²) in [6, 6.07) is 3.49. The van der Waals surface area contributed by atoms with Crippen LogP contribution in [0.5, 0.6) is 5.75 Å². The largest absolute Gasteiger partial charge is 0.493 e. The van der Waals surface area contributed by atoms with E-state index < -0.39 is 11.7 Å². The highest BCUT2D eigenvalue weighted by molar-refractivity contribution is 9.10. The highest BCUT2D eigenvalue weighted by atomic mass is 79.9. The number of alkyl halides is 4. The molecule has 0 saturated carbocycles. The van der Waals surface area contributed by atoms with E-state index in [0.29, 0.717) is 16.4 Å². The highest BCUT2D eigenvalue weighted by Crippen LogP contribution is 2.34. The monoisotopic (exact) mass is 346 g/mol. The van der Waals surface area contributed by atoms with E-state index in [1.807, 2.05) is 0 Å². The molecule has 0 heterocycles. The third kappa shape index (κ3) is 4.03. The molecule has 84 valence electrons. The molecule has 0 aliphatic heterocycles. The predicted octanol–water partition coefficient (Wildman–Crippen LogP) is 4.24. The first kappa shape index (κ1) is 12.8. The van der Waals surface area contributed by atoms with Crippen molar-refractivity contribution < 1.29 is 17.9 Å². The Morgan fingerprint density at radius 1 is 1.20 bits per heavy atom. The molecule has 0 radical (unpaired) electrons. The van der Waals surface area contributed by atoms with Crippen LogP contribution in [0.3, 0.4) is 0 Å². The van der Waals surface area contributed by atoms with Gasteiger partial charge in [0.05, 0.1) is 12.2 Å². The molecular weight excluding hydrogens is 341 g/mol.